The first-order chi connectivity index (χ1) is 10.6. The van der Waals surface area contributed by atoms with Crippen LogP contribution in [0.3, 0.4) is 0 Å². The second-order valence-electron chi connectivity index (χ2n) is 4.44. The summed E-state index contributed by atoms with van der Waals surface area (Å²) in [5.41, 5.74) is 0. The first kappa shape index (κ1) is 17.7. The number of aliphatic carboxylic acids is 1. The Labute approximate surface area is 128 Å². The van der Waals surface area contributed by atoms with Crippen LogP contribution in [0, 0.1) is 0 Å². The fraction of sp³-hybridized carbons (Fsp3) is 0.467. The molecule has 1 aromatic rings. The number of halogens is 1. The number of para-hydroxylation sites is 2. The highest BCUT2D eigenvalue weighted by Gasteiger charge is 2.19. The SMILES string of the molecule is CCOc1ccccc1OCCCC(=O)NC(CF)C(=O)O. The van der Waals surface area contributed by atoms with Crippen molar-refractivity contribution < 1.29 is 28.6 Å². The van der Waals surface area contributed by atoms with Crippen molar-refractivity contribution in [3.05, 3.63) is 24.3 Å². The summed E-state index contributed by atoms with van der Waals surface area (Å²) in [7, 11) is 0. The lowest BCUT2D eigenvalue weighted by molar-refractivity contribution is -0.142. The number of alkyl halides is 1. The van der Waals surface area contributed by atoms with Gasteiger partial charge in [0.25, 0.3) is 0 Å². The van der Waals surface area contributed by atoms with Gasteiger partial charge in [-0.3, -0.25) is 4.79 Å². The maximum Gasteiger partial charge on any atom is 0.328 e. The molecule has 1 unspecified atom stereocenters. The standard InChI is InChI=1S/C15H20FNO5/c1-2-21-12-6-3-4-7-13(12)22-9-5-8-14(18)17-11(10-16)15(19)20/h3-4,6-7,11H,2,5,8-10H2,1H3,(H,17,18)(H,19,20). The predicted octanol–water partition coefficient (Wildman–Crippen LogP) is 1.78. The fourth-order valence-corrected chi connectivity index (χ4v) is 1.69. The van der Waals surface area contributed by atoms with Gasteiger partial charge in [-0.15, -0.1) is 0 Å². The highest BCUT2D eigenvalue weighted by Crippen LogP contribution is 2.26. The van der Waals surface area contributed by atoms with Crippen molar-refractivity contribution in [1.29, 1.82) is 0 Å². The van der Waals surface area contributed by atoms with Crippen LogP contribution < -0.4 is 14.8 Å². The lowest BCUT2D eigenvalue weighted by Crippen LogP contribution is -2.42. The minimum atomic E-state index is -1.49. The van der Waals surface area contributed by atoms with Crippen molar-refractivity contribution in [3.8, 4) is 11.5 Å². The predicted molar refractivity (Wildman–Crippen MR) is 77.9 cm³/mol. The highest BCUT2D eigenvalue weighted by molar-refractivity contribution is 5.83. The number of amides is 1. The van der Waals surface area contributed by atoms with Gasteiger partial charge >= 0.3 is 5.97 Å². The molecule has 2 N–H and O–H groups in total. The molecule has 1 amide bonds. The number of carboxylic acid groups (broad SMARTS) is 1. The van der Waals surface area contributed by atoms with E-state index in [0.29, 0.717) is 24.5 Å². The largest absolute Gasteiger partial charge is 0.490 e. The molecule has 0 saturated heterocycles. The molecule has 0 bridgehead atoms. The first-order valence-corrected chi connectivity index (χ1v) is 7.01. The Morgan fingerprint density at radius 2 is 1.91 bits per heavy atom. The molecule has 0 aliphatic heterocycles. The molecule has 0 fully saturated rings. The van der Waals surface area contributed by atoms with Crippen molar-refractivity contribution >= 4 is 11.9 Å². The summed E-state index contributed by atoms with van der Waals surface area (Å²) in [6.45, 7) is 1.51. The Balaban J connectivity index is 2.33. The molecule has 1 rings (SSSR count). The number of carboxylic acids is 1. The Morgan fingerprint density at radius 3 is 2.45 bits per heavy atom. The van der Waals surface area contributed by atoms with Gasteiger partial charge in [0, 0.05) is 6.42 Å². The van der Waals surface area contributed by atoms with Gasteiger partial charge in [0.2, 0.25) is 5.91 Å². The number of carbonyl (C=O) groups excluding carboxylic acids is 1. The summed E-state index contributed by atoms with van der Waals surface area (Å²) < 4.78 is 23.3. The number of benzene rings is 1. The van der Waals surface area contributed by atoms with Gasteiger partial charge in [-0.25, -0.2) is 9.18 Å². The zero-order chi connectivity index (χ0) is 16.4. The van der Waals surface area contributed by atoms with Gasteiger partial charge in [-0.1, -0.05) is 12.1 Å². The molecule has 0 spiro atoms. The Morgan fingerprint density at radius 1 is 1.27 bits per heavy atom. The molecule has 0 aromatic heterocycles. The van der Waals surface area contributed by atoms with E-state index in [1.54, 1.807) is 12.1 Å². The summed E-state index contributed by atoms with van der Waals surface area (Å²) >= 11 is 0. The van der Waals surface area contributed by atoms with Crippen LogP contribution in [-0.4, -0.2) is 42.9 Å². The lowest BCUT2D eigenvalue weighted by atomic mass is 10.2. The van der Waals surface area contributed by atoms with E-state index in [1.165, 1.54) is 0 Å². The average molecular weight is 313 g/mol. The number of ether oxygens (including phenoxy) is 2. The summed E-state index contributed by atoms with van der Waals surface area (Å²) in [6, 6.07) is 5.68. The highest BCUT2D eigenvalue weighted by atomic mass is 19.1. The Bertz CT molecular complexity index is 495. The van der Waals surface area contributed by atoms with Crippen LogP contribution in [0.25, 0.3) is 0 Å². The van der Waals surface area contributed by atoms with Gasteiger partial charge in [-0.05, 0) is 25.5 Å². The number of hydrogen-bond acceptors (Lipinski definition) is 4. The van der Waals surface area contributed by atoms with Gasteiger partial charge in [0.1, 0.15) is 6.67 Å². The van der Waals surface area contributed by atoms with Crippen LogP contribution in [0.15, 0.2) is 24.3 Å². The van der Waals surface area contributed by atoms with Crippen molar-refractivity contribution in [3.63, 3.8) is 0 Å². The van der Waals surface area contributed by atoms with Crippen molar-refractivity contribution in [2.75, 3.05) is 19.9 Å². The molecule has 22 heavy (non-hydrogen) atoms. The molecule has 122 valence electrons. The third-order valence-corrected chi connectivity index (χ3v) is 2.74. The zero-order valence-electron chi connectivity index (χ0n) is 12.4. The van der Waals surface area contributed by atoms with E-state index < -0.39 is 24.6 Å². The minimum absolute atomic E-state index is 0.0561. The number of carbonyl (C=O) groups is 2. The van der Waals surface area contributed by atoms with E-state index in [9.17, 15) is 14.0 Å². The van der Waals surface area contributed by atoms with E-state index in [2.05, 4.69) is 5.32 Å². The lowest BCUT2D eigenvalue weighted by Gasteiger charge is -2.12. The van der Waals surface area contributed by atoms with E-state index in [-0.39, 0.29) is 13.0 Å². The molecule has 1 aromatic carbocycles. The molecular formula is C15H20FNO5. The first-order valence-electron chi connectivity index (χ1n) is 7.01. The second kappa shape index (κ2) is 9.59. The van der Waals surface area contributed by atoms with Gasteiger partial charge < -0.3 is 19.9 Å². The smallest absolute Gasteiger partial charge is 0.328 e. The van der Waals surface area contributed by atoms with E-state index in [4.69, 9.17) is 14.6 Å². The number of rotatable bonds is 10. The Kier molecular flexibility index (Phi) is 7.74. The summed E-state index contributed by atoms with van der Waals surface area (Å²) in [5.74, 6) is -0.709. The molecular weight excluding hydrogens is 293 g/mol. The van der Waals surface area contributed by atoms with Crippen molar-refractivity contribution in [2.24, 2.45) is 0 Å². The topological polar surface area (TPSA) is 84.9 Å². The average Bonchev–Trinajstić information content (AvgIpc) is 2.50. The maximum absolute atomic E-state index is 12.4. The van der Waals surface area contributed by atoms with Crippen molar-refractivity contribution in [1.82, 2.24) is 5.32 Å². The fourth-order valence-electron chi connectivity index (χ4n) is 1.69. The molecule has 0 aliphatic carbocycles. The molecule has 6 nitrogen and oxygen atoms in total. The van der Waals surface area contributed by atoms with Crippen LogP contribution in [0.5, 0.6) is 11.5 Å². The van der Waals surface area contributed by atoms with Crippen molar-refractivity contribution in [2.45, 2.75) is 25.8 Å². The molecule has 0 radical (unpaired) electrons. The third-order valence-electron chi connectivity index (χ3n) is 2.74. The van der Waals surface area contributed by atoms with Crippen LogP contribution in [-0.2, 0) is 9.59 Å². The summed E-state index contributed by atoms with van der Waals surface area (Å²) in [4.78, 5) is 22.1. The normalized spacial score (nSPS) is 11.5. The Hall–Kier alpha value is -2.31. The monoisotopic (exact) mass is 313 g/mol. The van der Waals surface area contributed by atoms with E-state index in [0.717, 1.165) is 0 Å². The molecule has 0 saturated carbocycles. The number of hydrogen-bond donors (Lipinski definition) is 2. The van der Waals surface area contributed by atoms with Gasteiger partial charge in [0.15, 0.2) is 17.5 Å². The quantitative estimate of drug-likeness (QED) is 0.643. The summed E-state index contributed by atoms with van der Waals surface area (Å²) in [5, 5.41) is 10.7. The maximum atomic E-state index is 12.4. The van der Waals surface area contributed by atoms with E-state index >= 15 is 0 Å². The number of nitrogens with one attached hydrogen (secondary N) is 1. The van der Waals surface area contributed by atoms with Crippen LogP contribution in [0.2, 0.25) is 0 Å². The van der Waals surface area contributed by atoms with Gasteiger partial charge in [0.05, 0.1) is 13.2 Å². The third kappa shape index (κ3) is 5.99. The van der Waals surface area contributed by atoms with Gasteiger partial charge in [-0.2, -0.15) is 0 Å². The molecule has 1 atom stereocenters. The van der Waals surface area contributed by atoms with Crippen LogP contribution in [0.1, 0.15) is 19.8 Å². The summed E-state index contributed by atoms with van der Waals surface area (Å²) in [6.07, 6.45) is 0.436. The van der Waals surface area contributed by atoms with E-state index in [1.807, 2.05) is 19.1 Å². The van der Waals surface area contributed by atoms with Crippen LogP contribution >= 0.6 is 0 Å². The van der Waals surface area contributed by atoms with Crippen LogP contribution in [0.4, 0.5) is 4.39 Å². The second-order valence-corrected chi connectivity index (χ2v) is 4.44. The zero-order valence-corrected chi connectivity index (χ0v) is 12.4. The molecule has 0 heterocycles. The minimum Gasteiger partial charge on any atom is -0.490 e. The molecule has 7 heteroatoms. The molecule has 0 aliphatic rings.